The van der Waals surface area contributed by atoms with Gasteiger partial charge in [-0.2, -0.15) is 13.2 Å². The molecule has 0 rings (SSSR count). The van der Waals surface area contributed by atoms with Crippen molar-refractivity contribution in [1.29, 1.82) is 0 Å². The topological polar surface area (TPSA) is 55.5 Å². The van der Waals surface area contributed by atoms with Gasteiger partial charge in [-0.25, -0.2) is 0 Å². The number of hydrogen-bond donors (Lipinski definition) is 2. The molecule has 0 aliphatic carbocycles. The van der Waals surface area contributed by atoms with Crippen LogP contribution in [0.5, 0.6) is 0 Å². The highest BCUT2D eigenvalue weighted by atomic mass is 19.4. The molecule has 2 atom stereocenters. The van der Waals surface area contributed by atoms with Crippen molar-refractivity contribution in [3.8, 4) is 0 Å². The number of aliphatic hydroxyl groups excluding tert-OH is 1. The standard InChI is InChI=1S/C6H12F3NO2/c1-2-12-5(10)4(11)3-6(7,8)9/h4-5,11H,2-3,10H2,1H3. The predicted molar refractivity (Wildman–Crippen MR) is 36.3 cm³/mol. The van der Waals surface area contributed by atoms with Gasteiger partial charge in [0.15, 0.2) is 0 Å². The van der Waals surface area contributed by atoms with Crippen LogP contribution in [-0.2, 0) is 4.74 Å². The van der Waals surface area contributed by atoms with Crippen molar-refractivity contribution in [2.75, 3.05) is 6.61 Å². The van der Waals surface area contributed by atoms with Crippen molar-refractivity contribution in [1.82, 2.24) is 0 Å². The van der Waals surface area contributed by atoms with E-state index in [1.807, 2.05) is 0 Å². The van der Waals surface area contributed by atoms with Crippen LogP contribution in [-0.4, -0.2) is 30.2 Å². The number of alkyl halides is 3. The molecule has 0 aliphatic heterocycles. The van der Waals surface area contributed by atoms with Crippen molar-refractivity contribution in [2.24, 2.45) is 5.73 Å². The maximum Gasteiger partial charge on any atom is 0.391 e. The second-order valence-corrected chi connectivity index (χ2v) is 2.31. The van der Waals surface area contributed by atoms with Crippen molar-refractivity contribution >= 4 is 0 Å². The van der Waals surface area contributed by atoms with E-state index in [1.165, 1.54) is 0 Å². The summed E-state index contributed by atoms with van der Waals surface area (Å²) in [6.07, 6.45) is -8.70. The fourth-order valence-electron chi connectivity index (χ4n) is 0.657. The molecule has 0 radical (unpaired) electrons. The van der Waals surface area contributed by atoms with E-state index >= 15 is 0 Å². The maximum absolute atomic E-state index is 11.6. The normalized spacial score (nSPS) is 17.5. The van der Waals surface area contributed by atoms with Crippen LogP contribution in [0.3, 0.4) is 0 Å². The molecule has 0 aliphatic rings. The zero-order chi connectivity index (χ0) is 9.78. The first-order valence-electron chi connectivity index (χ1n) is 3.49. The smallest absolute Gasteiger partial charge is 0.389 e. The molecule has 0 amide bonds. The van der Waals surface area contributed by atoms with Gasteiger partial charge in [0, 0.05) is 6.61 Å². The highest BCUT2D eigenvalue weighted by molar-refractivity contribution is 4.66. The molecular weight excluding hydrogens is 175 g/mol. The van der Waals surface area contributed by atoms with E-state index in [9.17, 15) is 13.2 Å². The number of nitrogens with two attached hydrogens (primary N) is 1. The first-order valence-corrected chi connectivity index (χ1v) is 3.49. The summed E-state index contributed by atoms with van der Waals surface area (Å²) in [5.74, 6) is 0. The Bertz CT molecular complexity index is 128. The molecule has 3 nitrogen and oxygen atoms in total. The molecule has 0 aromatic heterocycles. The summed E-state index contributed by atoms with van der Waals surface area (Å²) < 4.78 is 39.5. The average molecular weight is 187 g/mol. The van der Waals surface area contributed by atoms with E-state index < -0.39 is 24.9 Å². The Morgan fingerprint density at radius 1 is 1.50 bits per heavy atom. The summed E-state index contributed by atoms with van der Waals surface area (Å²) in [5, 5.41) is 8.81. The van der Waals surface area contributed by atoms with Gasteiger partial charge in [-0.05, 0) is 6.92 Å². The first kappa shape index (κ1) is 11.7. The van der Waals surface area contributed by atoms with Gasteiger partial charge in [0.25, 0.3) is 0 Å². The van der Waals surface area contributed by atoms with Crippen molar-refractivity contribution in [2.45, 2.75) is 31.9 Å². The number of rotatable bonds is 4. The third-order valence-corrected chi connectivity index (χ3v) is 1.18. The van der Waals surface area contributed by atoms with Crippen molar-refractivity contribution in [3.05, 3.63) is 0 Å². The molecule has 0 fully saturated rings. The van der Waals surface area contributed by atoms with Crippen molar-refractivity contribution in [3.63, 3.8) is 0 Å². The lowest BCUT2D eigenvalue weighted by molar-refractivity contribution is -0.169. The van der Waals surface area contributed by atoms with Gasteiger partial charge >= 0.3 is 6.18 Å². The van der Waals surface area contributed by atoms with Crippen LogP contribution < -0.4 is 5.73 Å². The highest BCUT2D eigenvalue weighted by Gasteiger charge is 2.33. The van der Waals surface area contributed by atoms with E-state index in [1.54, 1.807) is 6.92 Å². The van der Waals surface area contributed by atoms with Gasteiger partial charge in [-0.3, -0.25) is 0 Å². The second kappa shape index (κ2) is 4.64. The summed E-state index contributed by atoms with van der Waals surface area (Å²) in [5.41, 5.74) is 5.06. The minimum Gasteiger partial charge on any atom is -0.389 e. The molecule has 0 saturated carbocycles. The Hall–Kier alpha value is -0.330. The minimum atomic E-state index is -4.41. The van der Waals surface area contributed by atoms with Gasteiger partial charge in [0.05, 0.1) is 6.42 Å². The van der Waals surface area contributed by atoms with Crippen LogP contribution >= 0.6 is 0 Å². The van der Waals surface area contributed by atoms with E-state index in [0.29, 0.717) is 0 Å². The van der Waals surface area contributed by atoms with Crippen molar-refractivity contribution < 1.29 is 23.0 Å². The Labute approximate surface area is 68.3 Å². The second-order valence-electron chi connectivity index (χ2n) is 2.31. The van der Waals surface area contributed by atoms with Crippen LogP contribution in [0.15, 0.2) is 0 Å². The number of halogens is 3. The monoisotopic (exact) mass is 187 g/mol. The third-order valence-electron chi connectivity index (χ3n) is 1.18. The summed E-state index contributed by atoms with van der Waals surface area (Å²) >= 11 is 0. The van der Waals surface area contributed by atoms with E-state index in [-0.39, 0.29) is 6.61 Å². The number of hydrogen-bond acceptors (Lipinski definition) is 3. The number of aliphatic hydroxyl groups is 1. The van der Waals surface area contributed by atoms with Crippen LogP contribution in [0.4, 0.5) is 13.2 Å². The molecular formula is C6H12F3NO2. The van der Waals surface area contributed by atoms with Crippen LogP contribution in [0, 0.1) is 0 Å². The molecule has 2 unspecified atom stereocenters. The Morgan fingerprint density at radius 2 is 2.00 bits per heavy atom. The summed E-state index contributed by atoms with van der Waals surface area (Å²) in [6.45, 7) is 1.76. The Balaban J connectivity index is 3.78. The molecule has 6 heteroatoms. The molecule has 0 spiro atoms. The fourth-order valence-corrected chi connectivity index (χ4v) is 0.657. The van der Waals surface area contributed by atoms with Gasteiger partial charge in [0.2, 0.25) is 0 Å². The van der Waals surface area contributed by atoms with E-state index in [0.717, 1.165) is 0 Å². The third kappa shape index (κ3) is 5.34. The van der Waals surface area contributed by atoms with Gasteiger partial charge in [-0.15, -0.1) is 0 Å². The quantitative estimate of drug-likeness (QED) is 0.634. The lowest BCUT2D eigenvalue weighted by Gasteiger charge is -2.19. The fraction of sp³-hybridized carbons (Fsp3) is 1.00. The lowest BCUT2D eigenvalue weighted by Crippen LogP contribution is -2.39. The van der Waals surface area contributed by atoms with E-state index in [4.69, 9.17) is 10.8 Å². The molecule has 0 saturated heterocycles. The molecule has 0 heterocycles. The first-order chi connectivity index (χ1) is 5.37. The zero-order valence-corrected chi connectivity index (χ0v) is 6.64. The molecule has 3 N–H and O–H groups in total. The average Bonchev–Trinajstić information content (AvgIpc) is 1.84. The SMILES string of the molecule is CCOC(N)C(O)CC(F)(F)F. The maximum atomic E-state index is 11.6. The predicted octanol–water partition coefficient (Wildman–Crippen LogP) is 0.621. The van der Waals surface area contributed by atoms with Crippen LogP contribution in [0.25, 0.3) is 0 Å². The van der Waals surface area contributed by atoms with Gasteiger partial charge < -0.3 is 15.6 Å². The van der Waals surface area contributed by atoms with Crippen LogP contribution in [0.2, 0.25) is 0 Å². The van der Waals surface area contributed by atoms with E-state index in [2.05, 4.69) is 4.74 Å². The summed E-state index contributed by atoms with van der Waals surface area (Å²) in [7, 11) is 0. The van der Waals surface area contributed by atoms with Gasteiger partial charge in [0.1, 0.15) is 12.3 Å². The zero-order valence-electron chi connectivity index (χ0n) is 6.64. The van der Waals surface area contributed by atoms with Gasteiger partial charge in [-0.1, -0.05) is 0 Å². The molecule has 0 aromatic rings. The lowest BCUT2D eigenvalue weighted by atomic mass is 10.2. The molecule has 0 bridgehead atoms. The summed E-state index contributed by atoms with van der Waals surface area (Å²) in [6, 6.07) is 0. The largest absolute Gasteiger partial charge is 0.391 e. The molecule has 74 valence electrons. The molecule has 0 aromatic carbocycles. The Morgan fingerprint density at radius 3 is 2.33 bits per heavy atom. The van der Waals surface area contributed by atoms with Crippen LogP contribution in [0.1, 0.15) is 13.3 Å². The minimum absolute atomic E-state index is 0.177. The highest BCUT2D eigenvalue weighted by Crippen LogP contribution is 2.22. The number of ether oxygens (including phenoxy) is 1. The Kier molecular flexibility index (Phi) is 4.51. The molecule has 12 heavy (non-hydrogen) atoms. The summed E-state index contributed by atoms with van der Waals surface area (Å²) in [4.78, 5) is 0.